The van der Waals surface area contributed by atoms with Gasteiger partial charge in [-0.2, -0.15) is 0 Å². The highest BCUT2D eigenvalue weighted by molar-refractivity contribution is 6.17. The van der Waals surface area contributed by atoms with E-state index in [0.29, 0.717) is 17.5 Å². The number of carbonyl (C=O) groups excluding carboxylic acids is 1. The number of rotatable bonds is 4. The van der Waals surface area contributed by atoms with Gasteiger partial charge in [0.25, 0.3) is 5.91 Å². The van der Waals surface area contributed by atoms with Gasteiger partial charge in [-0.3, -0.25) is 4.79 Å². The van der Waals surface area contributed by atoms with Crippen LogP contribution in [0.5, 0.6) is 0 Å². The number of benzene rings is 1. The molecule has 1 amide bonds. The van der Waals surface area contributed by atoms with Crippen LogP contribution in [0.1, 0.15) is 41.6 Å². The first-order valence-electron chi connectivity index (χ1n) is 7.46. The number of alkyl halides is 1. The third-order valence-electron chi connectivity index (χ3n) is 4.27. The van der Waals surface area contributed by atoms with Crippen molar-refractivity contribution in [3.8, 4) is 0 Å². The number of halogens is 1. The van der Waals surface area contributed by atoms with Gasteiger partial charge in [0.2, 0.25) is 0 Å². The van der Waals surface area contributed by atoms with E-state index in [1.54, 1.807) is 0 Å². The van der Waals surface area contributed by atoms with Crippen LogP contribution in [0, 0.1) is 0 Å². The SMILES string of the molecule is O=C(NC1CCN(C2CC2)CC1)c1cccc(CCl)c1. The molecule has 20 heavy (non-hydrogen) atoms. The predicted molar refractivity (Wildman–Crippen MR) is 81.1 cm³/mol. The van der Waals surface area contributed by atoms with Crippen molar-refractivity contribution in [2.45, 2.75) is 43.6 Å². The summed E-state index contributed by atoms with van der Waals surface area (Å²) in [7, 11) is 0. The minimum atomic E-state index is 0.0295. The average molecular weight is 293 g/mol. The lowest BCUT2D eigenvalue weighted by Gasteiger charge is -2.32. The Hall–Kier alpha value is -1.06. The molecule has 0 radical (unpaired) electrons. The molecule has 2 aliphatic rings. The summed E-state index contributed by atoms with van der Waals surface area (Å²) in [5.74, 6) is 0.475. The fourth-order valence-electron chi connectivity index (χ4n) is 2.91. The maximum absolute atomic E-state index is 12.2. The molecule has 1 aliphatic carbocycles. The second kappa shape index (κ2) is 6.15. The summed E-state index contributed by atoms with van der Waals surface area (Å²) in [6.07, 6.45) is 4.86. The number of piperidine rings is 1. The maximum atomic E-state index is 12.2. The number of nitrogens with zero attached hydrogens (tertiary/aromatic N) is 1. The zero-order valence-electron chi connectivity index (χ0n) is 11.6. The van der Waals surface area contributed by atoms with E-state index in [1.165, 1.54) is 12.8 Å². The van der Waals surface area contributed by atoms with Gasteiger partial charge in [-0.15, -0.1) is 11.6 Å². The number of amides is 1. The predicted octanol–water partition coefficient (Wildman–Crippen LogP) is 2.78. The van der Waals surface area contributed by atoms with Gasteiger partial charge in [0, 0.05) is 36.6 Å². The second-order valence-corrected chi connectivity index (χ2v) is 6.12. The molecule has 1 aromatic rings. The first-order chi connectivity index (χ1) is 9.76. The van der Waals surface area contributed by atoms with Gasteiger partial charge >= 0.3 is 0 Å². The van der Waals surface area contributed by atoms with Crippen molar-refractivity contribution in [2.75, 3.05) is 13.1 Å². The molecule has 1 saturated heterocycles. The summed E-state index contributed by atoms with van der Waals surface area (Å²) in [6, 6.07) is 8.72. The highest BCUT2D eigenvalue weighted by Crippen LogP contribution is 2.29. The number of nitrogens with one attached hydrogen (secondary N) is 1. The summed E-state index contributed by atoms with van der Waals surface area (Å²) in [6.45, 7) is 2.24. The summed E-state index contributed by atoms with van der Waals surface area (Å²) in [4.78, 5) is 14.8. The molecule has 0 spiro atoms. The first-order valence-corrected chi connectivity index (χ1v) is 7.99. The molecular weight excluding hydrogens is 272 g/mol. The van der Waals surface area contributed by atoms with Crippen LogP contribution in [0.25, 0.3) is 0 Å². The number of likely N-dealkylation sites (tertiary alicyclic amines) is 1. The Labute approximate surface area is 125 Å². The Morgan fingerprint density at radius 1 is 1.25 bits per heavy atom. The largest absolute Gasteiger partial charge is 0.349 e. The molecule has 3 rings (SSSR count). The monoisotopic (exact) mass is 292 g/mol. The van der Waals surface area contributed by atoms with Crippen molar-refractivity contribution >= 4 is 17.5 Å². The van der Waals surface area contributed by atoms with Crippen LogP contribution in [0.4, 0.5) is 0 Å². The van der Waals surface area contributed by atoms with E-state index in [2.05, 4.69) is 10.2 Å². The van der Waals surface area contributed by atoms with Crippen molar-refractivity contribution < 1.29 is 4.79 Å². The van der Waals surface area contributed by atoms with E-state index in [-0.39, 0.29) is 5.91 Å². The molecule has 3 nitrogen and oxygen atoms in total. The molecule has 108 valence electrons. The van der Waals surface area contributed by atoms with Crippen LogP contribution in [-0.4, -0.2) is 36.0 Å². The molecule has 2 fully saturated rings. The molecule has 1 aromatic carbocycles. The van der Waals surface area contributed by atoms with Crippen LogP contribution in [-0.2, 0) is 5.88 Å². The lowest BCUT2D eigenvalue weighted by molar-refractivity contribution is 0.0909. The number of carbonyl (C=O) groups is 1. The lowest BCUT2D eigenvalue weighted by Crippen LogP contribution is -2.45. The van der Waals surface area contributed by atoms with E-state index >= 15 is 0 Å². The molecule has 0 atom stereocenters. The second-order valence-electron chi connectivity index (χ2n) is 5.85. The average Bonchev–Trinajstić information content (AvgIpc) is 3.33. The normalized spacial score (nSPS) is 20.9. The van der Waals surface area contributed by atoms with E-state index < -0.39 is 0 Å². The van der Waals surface area contributed by atoms with Crippen LogP contribution in [0.15, 0.2) is 24.3 Å². The maximum Gasteiger partial charge on any atom is 0.251 e. The lowest BCUT2D eigenvalue weighted by atomic mass is 10.0. The highest BCUT2D eigenvalue weighted by atomic mass is 35.5. The van der Waals surface area contributed by atoms with Crippen LogP contribution < -0.4 is 5.32 Å². The van der Waals surface area contributed by atoms with Crippen molar-refractivity contribution in [1.29, 1.82) is 0 Å². The van der Waals surface area contributed by atoms with E-state index in [4.69, 9.17) is 11.6 Å². The number of hydrogen-bond donors (Lipinski definition) is 1. The number of hydrogen-bond acceptors (Lipinski definition) is 2. The Kier molecular flexibility index (Phi) is 4.27. The minimum Gasteiger partial charge on any atom is -0.349 e. The Balaban J connectivity index is 1.53. The van der Waals surface area contributed by atoms with Gasteiger partial charge in [-0.1, -0.05) is 12.1 Å². The van der Waals surface area contributed by atoms with Gasteiger partial charge in [-0.25, -0.2) is 0 Å². The molecule has 1 N–H and O–H groups in total. The van der Waals surface area contributed by atoms with E-state index in [0.717, 1.165) is 37.5 Å². The first kappa shape index (κ1) is 13.9. The van der Waals surface area contributed by atoms with Crippen LogP contribution >= 0.6 is 11.6 Å². The van der Waals surface area contributed by atoms with E-state index in [1.807, 2.05) is 24.3 Å². The summed E-state index contributed by atoms with van der Waals surface area (Å²) >= 11 is 5.81. The minimum absolute atomic E-state index is 0.0295. The zero-order chi connectivity index (χ0) is 13.9. The Morgan fingerprint density at radius 3 is 2.65 bits per heavy atom. The van der Waals surface area contributed by atoms with Crippen molar-refractivity contribution in [3.05, 3.63) is 35.4 Å². The van der Waals surface area contributed by atoms with Gasteiger partial charge in [-0.05, 0) is 43.4 Å². The van der Waals surface area contributed by atoms with Crippen LogP contribution in [0.3, 0.4) is 0 Å². The molecule has 1 heterocycles. The van der Waals surface area contributed by atoms with Gasteiger partial charge in [0.1, 0.15) is 0 Å². The smallest absolute Gasteiger partial charge is 0.251 e. The Bertz CT molecular complexity index is 479. The third-order valence-corrected chi connectivity index (χ3v) is 4.58. The topological polar surface area (TPSA) is 32.3 Å². The summed E-state index contributed by atoms with van der Waals surface area (Å²) in [5.41, 5.74) is 1.70. The molecule has 0 unspecified atom stereocenters. The molecule has 1 saturated carbocycles. The third kappa shape index (κ3) is 3.33. The molecular formula is C16H21ClN2O. The van der Waals surface area contributed by atoms with Crippen molar-refractivity contribution in [3.63, 3.8) is 0 Å². The summed E-state index contributed by atoms with van der Waals surface area (Å²) < 4.78 is 0. The van der Waals surface area contributed by atoms with Gasteiger partial charge < -0.3 is 10.2 Å². The van der Waals surface area contributed by atoms with Crippen LogP contribution in [0.2, 0.25) is 0 Å². The highest BCUT2D eigenvalue weighted by Gasteiger charge is 2.32. The van der Waals surface area contributed by atoms with Gasteiger partial charge in [0.05, 0.1) is 0 Å². The molecule has 1 aliphatic heterocycles. The fraction of sp³-hybridized carbons (Fsp3) is 0.562. The van der Waals surface area contributed by atoms with E-state index in [9.17, 15) is 4.79 Å². The fourth-order valence-corrected chi connectivity index (χ4v) is 3.08. The van der Waals surface area contributed by atoms with Crippen molar-refractivity contribution in [2.24, 2.45) is 0 Å². The van der Waals surface area contributed by atoms with Gasteiger partial charge in [0.15, 0.2) is 0 Å². The molecule has 0 bridgehead atoms. The Morgan fingerprint density at radius 2 is 2.00 bits per heavy atom. The van der Waals surface area contributed by atoms with Crippen molar-refractivity contribution in [1.82, 2.24) is 10.2 Å². The quantitative estimate of drug-likeness (QED) is 0.866. The summed E-state index contributed by atoms with van der Waals surface area (Å²) in [5, 5.41) is 3.16. The zero-order valence-corrected chi connectivity index (χ0v) is 12.4. The standard InChI is InChI=1S/C16H21ClN2O/c17-11-12-2-1-3-13(10-12)16(20)18-14-6-8-19(9-7-14)15-4-5-15/h1-3,10,14-15H,4-9,11H2,(H,18,20). The molecule has 4 heteroatoms. The molecule has 0 aromatic heterocycles.